The number of aliphatic hydroxyl groups excluding tert-OH is 1. The molecule has 1 aliphatic heterocycles. The number of hydrogen-bond donors (Lipinski definition) is 4. The molecule has 1 rings (SSSR count). The van der Waals surface area contributed by atoms with E-state index in [-0.39, 0.29) is 13.2 Å². The molecular formula is C19H30N2O7. The van der Waals surface area contributed by atoms with Gasteiger partial charge in [-0.25, -0.2) is 9.59 Å². The molecule has 0 aliphatic carbocycles. The molecule has 158 valence electrons. The third-order valence-corrected chi connectivity index (χ3v) is 4.13. The van der Waals surface area contributed by atoms with E-state index in [0.29, 0.717) is 43.4 Å². The highest BCUT2D eigenvalue weighted by Crippen LogP contribution is 2.28. The quantitative estimate of drug-likeness (QED) is 0.438. The largest absolute Gasteiger partial charge is 0.481 e. The molecule has 0 saturated heterocycles. The second-order valence-corrected chi connectivity index (χ2v) is 7.58. The Balaban J connectivity index is 2.53. The first-order chi connectivity index (χ1) is 13.0. The Kier molecular flexibility index (Phi) is 8.98. The molecular weight excluding hydrogens is 368 g/mol. The topological polar surface area (TPSA) is 136 Å². The minimum absolute atomic E-state index is 0.0808. The van der Waals surface area contributed by atoms with Crippen LogP contribution in [0.3, 0.4) is 0 Å². The van der Waals surface area contributed by atoms with Crippen molar-refractivity contribution in [3.8, 4) is 0 Å². The van der Waals surface area contributed by atoms with Gasteiger partial charge in [0.1, 0.15) is 5.60 Å². The summed E-state index contributed by atoms with van der Waals surface area (Å²) >= 11 is 0. The molecule has 4 N–H and O–H groups in total. The van der Waals surface area contributed by atoms with Crippen LogP contribution < -0.4 is 5.32 Å². The summed E-state index contributed by atoms with van der Waals surface area (Å²) in [6.45, 7) is 5.49. The lowest BCUT2D eigenvalue weighted by atomic mass is 9.87. The summed E-state index contributed by atoms with van der Waals surface area (Å²) in [7, 11) is 0. The molecule has 28 heavy (non-hydrogen) atoms. The maximum Gasteiger partial charge on any atom is 0.411 e. The molecule has 0 saturated carbocycles. The first kappa shape index (κ1) is 23.5. The molecule has 9 heteroatoms. The molecule has 2 amide bonds. The third-order valence-electron chi connectivity index (χ3n) is 4.13. The van der Waals surface area contributed by atoms with Crippen LogP contribution in [0, 0.1) is 5.92 Å². The van der Waals surface area contributed by atoms with Gasteiger partial charge < -0.3 is 25.4 Å². The maximum atomic E-state index is 11.7. The summed E-state index contributed by atoms with van der Waals surface area (Å²) in [6, 6.07) is 0. The number of alkyl carbamates (subject to hydrolysis) is 1. The number of aliphatic carboxylic acids is 1. The van der Waals surface area contributed by atoms with Gasteiger partial charge in [0.15, 0.2) is 0 Å². The fraction of sp³-hybridized carbons (Fsp3) is 0.632. The van der Waals surface area contributed by atoms with E-state index in [1.165, 1.54) is 12.3 Å². The number of nitrogens with one attached hydrogen (secondary N) is 1. The molecule has 0 radical (unpaired) electrons. The standard InChI is InChI=1S/C19H30N2O7/c1-19(2,3)28-17(25)20-9-6-4-5-7-14(16(23)24)15-11-21(18(26)27)10-8-13(15)12-22/h8,11,14,22H,4-7,9-10,12H2,1-3H3,(H,20,25)(H,23,24)(H,26,27). The number of hydrogen-bond acceptors (Lipinski definition) is 5. The van der Waals surface area contributed by atoms with Crippen molar-refractivity contribution in [2.75, 3.05) is 19.7 Å². The fourth-order valence-electron chi connectivity index (χ4n) is 2.80. The highest BCUT2D eigenvalue weighted by atomic mass is 16.6. The van der Waals surface area contributed by atoms with Gasteiger partial charge in [0.25, 0.3) is 0 Å². The van der Waals surface area contributed by atoms with Crippen molar-refractivity contribution in [2.45, 2.75) is 52.1 Å². The Morgan fingerprint density at radius 3 is 2.43 bits per heavy atom. The Hall–Kier alpha value is -2.55. The summed E-state index contributed by atoms with van der Waals surface area (Å²) in [5.41, 5.74) is 0.195. The lowest BCUT2D eigenvalue weighted by Gasteiger charge is -2.26. The lowest BCUT2D eigenvalue weighted by molar-refractivity contribution is -0.140. The van der Waals surface area contributed by atoms with E-state index in [1.54, 1.807) is 20.8 Å². The fourth-order valence-corrected chi connectivity index (χ4v) is 2.80. The predicted molar refractivity (Wildman–Crippen MR) is 102 cm³/mol. The van der Waals surface area contributed by atoms with Crippen LogP contribution in [-0.4, -0.2) is 63.7 Å². The van der Waals surface area contributed by atoms with Crippen molar-refractivity contribution in [1.29, 1.82) is 0 Å². The number of carbonyl (C=O) groups is 3. The summed E-state index contributed by atoms with van der Waals surface area (Å²) in [5, 5.41) is 30.8. The van der Waals surface area contributed by atoms with Crippen LogP contribution in [0.15, 0.2) is 23.4 Å². The van der Waals surface area contributed by atoms with Gasteiger partial charge in [-0.2, -0.15) is 0 Å². The van der Waals surface area contributed by atoms with Crippen LogP contribution in [0.5, 0.6) is 0 Å². The molecule has 0 aromatic carbocycles. The highest BCUT2D eigenvalue weighted by Gasteiger charge is 2.28. The molecule has 1 heterocycles. The van der Waals surface area contributed by atoms with Gasteiger partial charge in [0, 0.05) is 19.3 Å². The Morgan fingerprint density at radius 2 is 1.89 bits per heavy atom. The average Bonchev–Trinajstić information content (AvgIpc) is 2.58. The molecule has 0 aromatic heterocycles. The van der Waals surface area contributed by atoms with Crippen LogP contribution in [0.25, 0.3) is 0 Å². The van der Waals surface area contributed by atoms with E-state index in [4.69, 9.17) is 9.84 Å². The van der Waals surface area contributed by atoms with E-state index in [2.05, 4.69) is 5.32 Å². The van der Waals surface area contributed by atoms with Gasteiger partial charge >= 0.3 is 18.2 Å². The highest BCUT2D eigenvalue weighted by molar-refractivity contribution is 5.76. The van der Waals surface area contributed by atoms with Crippen LogP contribution in [0.2, 0.25) is 0 Å². The minimum Gasteiger partial charge on any atom is -0.481 e. The zero-order valence-corrected chi connectivity index (χ0v) is 16.6. The summed E-state index contributed by atoms with van der Waals surface area (Å²) in [4.78, 5) is 35.4. The van der Waals surface area contributed by atoms with E-state index in [1.807, 2.05) is 0 Å². The van der Waals surface area contributed by atoms with Crippen molar-refractivity contribution in [3.63, 3.8) is 0 Å². The number of ether oxygens (including phenoxy) is 1. The molecule has 1 aliphatic rings. The van der Waals surface area contributed by atoms with Crippen LogP contribution in [-0.2, 0) is 9.53 Å². The number of carboxylic acids is 1. The number of carboxylic acid groups (broad SMARTS) is 2. The Morgan fingerprint density at radius 1 is 1.21 bits per heavy atom. The first-order valence-corrected chi connectivity index (χ1v) is 9.26. The van der Waals surface area contributed by atoms with Crippen molar-refractivity contribution < 1.29 is 34.4 Å². The second kappa shape index (κ2) is 10.7. The van der Waals surface area contributed by atoms with Gasteiger partial charge in [0.2, 0.25) is 0 Å². The Labute approximate surface area is 164 Å². The normalized spacial score (nSPS) is 15.4. The number of nitrogens with zero attached hydrogens (tertiary/aromatic N) is 1. The molecule has 0 bridgehead atoms. The van der Waals surface area contributed by atoms with E-state index in [0.717, 1.165) is 4.90 Å². The van der Waals surface area contributed by atoms with Crippen molar-refractivity contribution in [3.05, 3.63) is 23.4 Å². The number of carbonyl (C=O) groups excluding carboxylic acids is 1. The van der Waals surface area contributed by atoms with Crippen molar-refractivity contribution >= 4 is 18.2 Å². The van der Waals surface area contributed by atoms with Gasteiger partial charge in [-0.3, -0.25) is 9.69 Å². The minimum atomic E-state index is -1.18. The number of amides is 2. The number of aliphatic hydroxyl groups is 1. The zero-order valence-electron chi connectivity index (χ0n) is 16.6. The lowest BCUT2D eigenvalue weighted by Crippen LogP contribution is -2.33. The molecule has 1 atom stereocenters. The van der Waals surface area contributed by atoms with E-state index in [9.17, 15) is 24.6 Å². The second-order valence-electron chi connectivity index (χ2n) is 7.58. The third kappa shape index (κ3) is 7.99. The first-order valence-electron chi connectivity index (χ1n) is 9.26. The smallest absolute Gasteiger partial charge is 0.411 e. The molecule has 1 unspecified atom stereocenters. The average molecular weight is 398 g/mol. The number of unbranched alkanes of at least 4 members (excludes halogenated alkanes) is 2. The van der Waals surface area contributed by atoms with Crippen molar-refractivity contribution in [2.24, 2.45) is 5.92 Å². The summed E-state index contributed by atoms with van der Waals surface area (Å²) < 4.78 is 5.13. The van der Waals surface area contributed by atoms with Gasteiger partial charge in [0.05, 0.1) is 12.5 Å². The van der Waals surface area contributed by atoms with Gasteiger partial charge in [-0.15, -0.1) is 0 Å². The van der Waals surface area contributed by atoms with E-state index >= 15 is 0 Å². The predicted octanol–water partition coefficient (Wildman–Crippen LogP) is 2.57. The zero-order chi connectivity index (χ0) is 21.3. The maximum absolute atomic E-state index is 11.7. The molecule has 0 aromatic rings. The SMILES string of the molecule is CC(C)(C)OC(=O)NCCCCCC(C(=O)O)C1=CN(C(=O)O)CC=C1CO. The van der Waals surface area contributed by atoms with Crippen LogP contribution >= 0.6 is 0 Å². The monoisotopic (exact) mass is 398 g/mol. The molecule has 0 spiro atoms. The molecule has 0 fully saturated rings. The van der Waals surface area contributed by atoms with Crippen LogP contribution in [0.1, 0.15) is 46.5 Å². The van der Waals surface area contributed by atoms with Gasteiger partial charge in [-0.05, 0) is 44.8 Å². The van der Waals surface area contributed by atoms with Crippen molar-refractivity contribution in [1.82, 2.24) is 10.2 Å². The van der Waals surface area contributed by atoms with E-state index < -0.39 is 29.7 Å². The summed E-state index contributed by atoms with van der Waals surface area (Å²) in [6.07, 6.45) is 3.38. The summed E-state index contributed by atoms with van der Waals surface area (Å²) in [5.74, 6) is -1.97. The van der Waals surface area contributed by atoms with Crippen LogP contribution in [0.4, 0.5) is 9.59 Å². The number of rotatable bonds is 9. The Bertz CT molecular complexity index is 635. The molecule has 9 nitrogen and oxygen atoms in total. The van der Waals surface area contributed by atoms with Gasteiger partial charge in [-0.1, -0.05) is 18.9 Å².